The molecule has 1 aliphatic rings. The lowest BCUT2D eigenvalue weighted by molar-refractivity contribution is -0.139. The molecule has 1 aliphatic heterocycles. The van der Waals surface area contributed by atoms with Gasteiger partial charge in [0.25, 0.3) is 0 Å². The summed E-state index contributed by atoms with van der Waals surface area (Å²) in [6, 6.07) is 25.5. The number of nitrogen functional groups attached to an aromatic ring is 1. The van der Waals surface area contributed by atoms with Gasteiger partial charge in [0.15, 0.2) is 0 Å². The van der Waals surface area contributed by atoms with E-state index in [1.54, 1.807) is 29.2 Å². The van der Waals surface area contributed by atoms with E-state index in [2.05, 4.69) is 16.1 Å². The summed E-state index contributed by atoms with van der Waals surface area (Å²) < 4.78 is 3.35. The van der Waals surface area contributed by atoms with Crippen LogP contribution in [0, 0.1) is 16.7 Å². The molecule has 2 unspecified atom stereocenters. The zero-order chi connectivity index (χ0) is 27.6. The Bertz CT molecular complexity index is 1320. The van der Waals surface area contributed by atoms with Gasteiger partial charge in [0, 0.05) is 24.4 Å². The van der Waals surface area contributed by atoms with Gasteiger partial charge in [-0.15, -0.1) is 0 Å². The van der Waals surface area contributed by atoms with Crippen LogP contribution in [0.5, 0.6) is 0 Å². The smallest absolute Gasteiger partial charge is 0.243 e. The summed E-state index contributed by atoms with van der Waals surface area (Å²) in [7, 11) is 0. The Morgan fingerprint density at radius 2 is 1.72 bits per heavy atom. The number of carbonyl (C=O) groups excluding carboxylic acids is 2. The van der Waals surface area contributed by atoms with E-state index in [9.17, 15) is 9.59 Å². The van der Waals surface area contributed by atoms with Gasteiger partial charge in [-0.3, -0.25) is 19.7 Å². The van der Waals surface area contributed by atoms with Gasteiger partial charge in [-0.05, 0) is 48.1 Å². The zero-order valence-electron chi connectivity index (χ0n) is 21.6. The van der Waals surface area contributed by atoms with Crippen LogP contribution >= 0.6 is 11.9 Å². The van der Waals surface area contributed by atoms with E-state index in [4.69, 9.17) is 16.4 Å². The van der Waals surface area contributed by atoms with Crippen molar-refractivity contribution in [1.82, 2.24) is 14.9 Å². The summed E-state index contributed by atoms with van der Waals surface area (Å²) in [5.41, 5.74) is 9.69. The quantitative estimate of drug-likeness (QED) is 0.167. The molecule has 0 spiro atoms. The second-order valence-electron chi connectivity index (χ2n) is 9.48. The van der Waals surface area contributed by atoms with Crippen molar-refractivity contribution in [1.29, 1.82) is 10.7 Å². The number of benzene rings is 3. The van der Waals surface area contributed by atoms with Gasteiger partial charge in [-0.1, -0.05) is 78.7 Å². The number of nitrogens with zero attached hydrogens (tertiary/aromatic N) is 2. The standard InChI is InChI=1S/C30H32N6O2S/c31-18-22-10-8-21(9-11-22)17-26(35-39-20-24-5-2-1-3-6-24)30(38)36-16-4-7-27(36)29(37)34-19-23-12-14-25(15-13-23)28(32)33/h1-3,5-6,8-15,26-27,35H,4,7,16-17,19-20H2,(H3,32,33)(H,34,37). The van der Waals surface area contributed by atoms with Gasteiger partial charge < -0.3 is 16.0 Å². The lowest BCUT2D eigenvalue weighted by Crippen LogP contribution is -2.52. The summed E-state index contributed by atoms with van der Waals surface area (Å²) in [6.07, 6.45) is 1.82. The Kier molecular flexibility index (Phi) is 9.73. The largest absolute Gasteiger partial charge is 0.384 e. The molecule has 4 rings (SSSR count). The number of hydrogen-bond donors (Lipinski definition) is 4. The molecule has 8 nitrogen and oxygen atoms in total. The topological polar surface area (TPSA) is 135 Å². The van der Waals surface area contributed by atoms with Crippen molar-refractivity contribution in [2.24, 2.45) is 5.73 Å². The third kappa shape index (κ3) is 7.69. The van der Waals surface area contributed by atoms with E-state index >= 15 is 0 Å². The second-order valence-corrected chi connectivity index (χ2v) is 10.3. The highest BCUT2D eigenvalue weighted by Crippen LogP contribution is 2.21. The highest BCUT2D eigenvalue weighted by Gasteiger charge is 2.37. The van der Waals surface area contributed by atoms with Crippen molar-refractivity contribution in [2.75, 3.05) is 6.54 Å². The first kappa shape index (κ1) is 27.9. The molecule has 3 aromatic carbocycles. The molecule has 0 radical (unpaired) electrons. The van der Waals surface area contributed by atoms with Crippen LogP contribution in [0.4, 0.5) is 0 Å². The Labute approximate surface area is 233 Å². The average Bonchev–Trinajstić information content (AvgIpc) is 3.46. The van der Waals surface area contributed by atoms with Gasteiger partial charge in [0.1, 0.15) is 17.9 Å². The fourth-order valence-corrected chi connectivity index (χ4v) is 5.37. The predicted molar refractivity (Wildman–Crippen MR) is 154 cm³/mol. The highest BCUT2D eigenvalue weighted by molar-refractivity contribution is 7.96. The molecule has 0 aromatic heterocycles. The van der Waals surface area contributed by atoms with Crippen molar-refractivity contribution in [3.8, 4) is 6.07 Å². The summed E-state index contributed by atoms with van der Waals surface area (Å²) in [5, 5.41) is 19.6. The molecule has 1 heterocycles. The highest BCUT2D eigenvalue weighted by atomic mass is 32.2. The first-order valence-corrected chi connectivity index (χ1v) is 13.8. The van der Waals surface area contributed by atoms with Crippen LogP contribution < -0.4 is 15.8 Å². The van der Waals surface area contributed by atoms with E-state index in [1.807, 2.05) is 54.6 Å². The summed E-state index contributed by atoms with van der Waals surface area (Å²) in [6.45, 7) is 0.856. The van der Waals surface area contributed by atoms with Crippen molar-refractivity contribution >= 4 is 29.6 Å². The summed E-state index contributed by atoms with van der Waals surface area (Å²) in [4.78, 5) is 28.6. The number of nitriles is 1. The Morgan fingerprint density at radius 1 is 1.03 bits per heavy atom. The number of nitrogens with two attached hydrogens (primary N) is 1. The Hall–Kier alpha value is -4.13. The predicted octanol–water partition coefficient (Wildman–Crippen LogP) is 3.50. The average molecular weight is 541 g/mol. The summed E-state index contributed by atoms with van der Waals surface area (Å²) >= 11 is 1.47. The maximum Gasteiger partial charge on any atom is 0.243 e. The third-order valence-corrected chi connectivity index (χ3v) is 7.63. The maximum absolute atomic E-state index is 13.8. The Morgan fingerprint density at radius 3 is 2.38 bits per heavy atom. The molecule has 0 aliphatic carbocycles. The van der Waals surface area contributed by atoms with Crippen LogP contribution in [-0.4, -0.2) is 41.2 Å². The fraction of sp³-hybridized carbons (Fsp3) is 0.267. The fourth-order valence-electron chi connectivity index (χ4n) is 4.54. The van der Waals surface area contributed by atoms with Crippen molar-refractivity contribution in [3.63, 3.8) is 0 Å². The van der Waals surface area contributed by atoms with Crippen LogP contribution in [0.25, 0.3) is 0 Å². The normalized spacial score (nSPS) is 15.4. The minimum atomic E-state index is -0.529. The number of amidine groups is 1. The van der Waals surface area contributed by atoms with Crippen LogP contribution in [0.2, 0.25) is 0 Å². The van der Waals surface area contributed by atoms with Crippen LogP contribution in [0.15, 0.2) is 78.9 Å². The van der Waals surface area contributed by atoms with Crippen molar-refractivity contribution in [3.05, 3.63) is 107 Å². The minimum absolute atomic E-state index is 0.00297. The van der Waals surface area contributed by atoms with Gasteiger partial charge in [-0.2, -0.15) is 5.26 Å². The number of amides is 2. The monoisotopic (exact) mass is 540 g/mol. The number of rotatable bonds is 11. The third-order valence-electron chi connectivity index (χ3n) is 6.70. The van der Waals surface area contributed by atoms with E-state index in [0.29, 0.717) is 42.8 Å². The van der Waals surface area contributed by atoms with E-state index in [1.165, 1.54) is 11.9 Å². The van der Waals surface area contributed by atoms with Crippen LogP contribution in [0.3, 0.4) is 0 Å². The van der Waals surface area contributed by atoms with E-state index in [-0.39, 0.29) is 17.6 Å². The van der Waals surface area contributed by atoms with E-state index in [0.717, 1.165) is 23.1 Å². The molecule has 9 heteroatoms. The molecule has 0 saturated carbocycles. The molecular formula is C30H32N6O2S. The molecule has 39 heavy (non-hydrogen) atoms. The second kappa shape index (κ2) is 13.6. The van der Waals surface area contributed by atoms with Crippen LogP contribution in [0.1, 0.15) is 40.7 Å². The number of hydrogen-bond acceptors (Lipinski definition) is 6. The molecule has 3 aromatic rings. The molecule has 200 valence electrons. The SMILES string of the molecule is N#Cc1ccc(CC(NSCc2ccccc2)C(=O)N2CCCC2C(=O)NCc2ccc(C(=N)N)cc2)cc1. The van der Waals surface area contributed by atoms with Crippen LogP contribution in [-0.2, 0) is 28.3 Å². The van der Waals surface area contributed by atoms with Gasteiger partial charge in [0.2, 0.25) is 11.8 Å². The molecule has 5 N–H and O–H groups in total. The number of likely N-dealkylation sites (tertiary alicyclic amines) is 1. The maximum atomic E-state index is 13.8. The molecule has 0 bridgehead atoms. The van der Waals surface area contributed by atoms with Gasteiger partial charge >= 0.3 is 0 Å². The summed E-state index contributed by atoms with van der Waals surface area (Å²) in [5.74, 6) is 0.412. The van der Waals surface area contributed by atoms with Gasteiger partial charge in [0.05, 0.1) is 11.6 Å². The van der Waals surface area contributed by atoms with Crippen molar-refractivity contribution < 1.29 is 9.59 Å². The molecule has 2 atom stereocenters. The molecular weight excluding hydrogens is 508 g/mol. The molecule has 1 fully saturated rings. The molecule has 2 amide bonds. The Balaban J connectivity index is 1.42. The zero-order valence-corrected chi connectivity index (χ0v) is 22.4. The lowest BCUT2D eigenvalue weighted by Gasteiger charge is -2.29. The van der Waals surface area contributed by atoms with Gasteiger partial charge in [-0.25, -0.2) is 0 Å². The number of nitrogens with one attached hydrogen (secondary N) is 3. The molecule has 1 saturated heterocycles. The lowest BCUT2D eigenvalue weighted by atomic mass is 10.0. The van der Waals surface area contributed by atoms with Crippen molar-refractivity contribution in [2.45, 2.75) is 43.6 Å². The minimum Gasteiger partial charge on any atom is -0.384 e. The first-order valence-electron chi connectivity index (χ1n) is 12.9. The first-order chi connectivity index (χ1) is 18.9. The van der Waals surface area contributed by atoms with E-state index < -0.39 is 12.1 Å². The number of carbonyl (C=O) groups is 2.